The summed E-state index contributed by atoms with van der Waals surface area (Å²) in [6.45, 7) is 2.96. The Bertz CT molecular complexity index is 857. The second-order valence-electron chi connectivity index (χ2n) is 5.48. The monoisotopic (exact) mass is 305 g/mol. The van der Waals surface area contributed by atoms with Crippen molar-refractivity contribution in [3.05, 3.63) is 54.1 Å². The van der Waals surface area contributed by atoms with Gasteiger partial charge in [-0.1, -0.05) is 31.5 Å². The maximum atomic E-state index is 9.63. The zero-order valence-corrected chi connectivity index (χ0v) is 13.1. The molecule has 0 saturated heterocycles. The number of benzene rings is 2. The van der Waals surface area contributed by atoms with Gasteiger partial charge in [0, 0.05) is 17.6 Å². The van der Waals surface area contributed by atoms with Crippen LogP contribution >= 0.6 is 0 Å². The number of nitriles is 1. The molecule has 3 aromatic rings. The lowest BCUT2D eigenvalue weighted by Crippen LogP contribution is -2.07. The predicted molar refractivity (Wildman–Crippen MR) is 93.1 cm³/mol. The molecule has 2 N–H and O–H groups in total. The molecule has 0 unspecified atom stereocenters. The van der Waals surface area contributed by atoms with Crippen molar-refractivity contribution >= 4 is 16.7 Å². The molecule has 4 heteroatoms. The zero-order valence-electron chi connectivity index (χ0n) is 13.1. The van der Waals surface area contributed by atoms with E-state index in [4.69, 9.17) is 0 Å². The third kappa shape index (κ3) is 2.74. The molecular formula is C19H19N3O. The van der Waals surface area contributed by atoms with Crippen molar-refractivity contribution in [1.82, 2.24) is 4.57 Å². The Morgan fingerprint density at radius 1 is 1.13 bits per heavy atom. The number of hydrogen-bond donors (Lipinski definition) is 2. The van der Waals surface area contributed by atoms with Crippen LogP contribution in [0, 0.1) is 11.3 Å². The number of aromatic nitrogens is 1. The summed E-state index contributed by atoms with van der Waals surface area (Å²) in [6, 6.07) is 17.3. The normalized spacial score (nSPS) is 10.6. The van der Waals surface area contributed by atoms with Gasteiger partial charge in [-0.25, -0.2) is 0 Å². The SMILES string of the molecule is CCCCNc1c(C#N)c2ccccc2n1-c1ccc(O)cc1. The Morgan fingerprint density at radius 2 is 1.87 bits per heavy atom. The van der Waals surface area contributed by atoms with Crippen molar-refractivity contribution in [3.63, 3.8) is 0 Å². The van der Waals surface area contributed by atoms with Crippen LogP contribution in [0.15, 0.2) is 48.5 Å². The van der Waals surface area contributed by atoms with Crippen LogP contribution in [0.2, 0.25) is 0 Å². The van der Waals surface area contributed by atoms with Crippen LogP contribution in [-0.4, -0.2) is 16.2 Å². The fourth-order valence-corrected chi connectivity index (χ4v) is 2.77. The highest BCUT2D eigenvalue weighted by atomic mass is 16.3. The first kappa shape index (κ1) is 15.0. The van der Waals surface area contributed by atoms with Gasteiger partial charge >= 0.3 is 0 Å². The van der Waals surface area contributed by atoms with Crippen molar-refractivity contribution in [1.29, 1.82) is 5.26 Å². The molecule has 0 radical (unpaired) electrons. The van der Waals surface area contributed by atoms with Gasteiger partial charge in [0.2, 0.25) is 0 Å². The van der Waals surface area contributed by atoms with Crippen molar-refractivity contribution < 1.29 is 5.11 Å². The number of nitrogens with one attached hydrogen (secondary N) is 1. The highest BCUT2D eigenvalue weighted by molar-refractivity contribution is 5.94. The van der Waals surface area contributed by atoms with Crippen LogP contribution in [0.4, 0.5) is 5.82 Å². The average molecular weight is 305 g/mol. The van der Waals surface area contributed by atoms with Crippen LogP contribution < -0.4 is 5.32 Å². The molecule has 0 fully saturated rings. The van der Waals surface area contributed by atoms with E-state index in [0.717, 1.165) is 41.8 Å². The molecule has 4 nitrogen and oxygen atoms in total. The lowest BCUT2D eigenvalue weighted by Gasteiger charge is -2.13. The topological polar surface area (TPSA) is 61.0 Å². The van der Waals surface area contributed by atoms with E-state index in [1.54, 1.807) is 12.1 Å². The fraction of sp³-hybridized carbons (Fsp3) is 0.211. The number of phenols is 1. The number of fused-ring (bicyclic) bond motifs is 1. The van der Waals surface area contributed by atoms with Gasteiger partial charge in [0.05, 0.1) is 5.52 Å². The molecule has 3 rings (SSSR count). The summed E-state index contributed by atoms with van der Waals surface area (Å²) in [5.41, 5.74) is 2.55. The number of rotatable bonds is 5. The molecule has 1 heterocycles. The zero-order chi connectivity index (χ0) is 16.2. The smallest absolute Gasteiger partial charge is 0.129 e. The maximum absolute atomic E-state index is 9.63. The number of phenolic OH excluding ortho intramolecular Hbond substituents is 1. The van der Waals surface area contributed by atoms with Crippen LogP contribution in [0.1, 0.15) is 25.3 Å². The molecule has 23 heavy (non-hydrogen) atoms. The van der Waals surface area contributed by atoms with Gasteiger partial charge in [-0.3, -0.25) is 4.57 Å². The maximum Gasteiger partial charge on any atom is 0.129 e. The molecule has 0 aliphatic carbocycles. The number of anilines is 1. The molecule has 0 bridgehead atoms. The van der Waals surface area contributed by atoms with Crippen LogP contribution in [0.25, 0.3) is 16.6 Å². The summed E-state index contributed by atoms with van der Waals surface area (Å²) < 4.78 is 2.04. The number of hydrogen-bond acceptors (Lipinski definition) is 3. The Morgan fingerprint density at radius 3 is 2.57 bits per heavy atom. The second kappa shape index (κ2) is 6.45. The van der Waals surface area contributed by atoms with Crippen molar-refractivity contribution in [3.8, 4) is 17.5 Å². The largest absolute Gasteiger partial charge is 0.508 e. The van der Waals surface area contributed by atoms with Crippen molar-refractivity contribution in [2.24, 2.45) is 0 Å². The average Bonchev–Trinajstić information content (AvgIpc) is 2.89. The van der Waals surface area contributed by atoms with E-state index in [2.05, 4.69) is 18.3 Å². The van der Waals surface area contributed by atoms with E-state index in [0.29, 0.717) is 5.56 Å². The van der Waals surface area contributed by atoms with E-state index in [9.17, 15) is 10.4 Å². The highest BCUT2D eigenvalue weighted by Gasteiger charge is 2.17. The minimum absolute atomic E-state index is 0.228. The van der Waals surface area contributed by atoms with E-state index < -0.39 is 0 Å². The minimum atomic E-state index is 0.228. The predicted octanol–water partition coefficient (Wildman–Crippen LogP) is 4.42. The highest BCUT2D eigenvalue weighted by Crippen LogP contribution is 2.33. The van der Waals surface area contributed by atoms with E-state index >= 15 is 0 Å². The Labute approximate surface area is 135 Å². The Hall–Kier alpha value is -2.93. The van der Waals surface area contributed by atoms with Gasteiger partial charge in [0.15, 0.2) is 0 Å². The second-order valence-corrected chi connectivity index (χ2v) is 5.48. The van der Waals surface area contributed by atoms with Gasteiger partial charge in [-0.2, -0.15) is 5.26 Å². The molecular weight excluding hydrogens is 286 g/mol. The van der Waals surface area contributed by atoms with Gasteiger partial charge in [0.25, 0.3) is 0 Å². The quantitative estimate of drug-likeness (QED) is 0.686. The third-order valence-electron chi connectivity index (χ3n) is 3.92. The lowest BCUT2D eigenvalue weighted by molar-refractivity contribution is 0.475. The van der Waals surface area contributed by atoms with Crippen LogP contribution in [-0.2, 0) is 0 Å². The fourth-order valence-electron chi connectivity index (χ4n) is 2.77. The minimum Gasteiger partial charge on any atom is -0.508 e. The summed E-state index contributed by atoms with van der Waals surface area (Å²) in [4.78, 5) is 0. The summed E-state index contributed by atoms with van der Waals surface area (Å²) in [5.74, 6) is 1.04. The van der Waals surface area contributed by atoms with Crippen molar-refractivity contribution in [2.45, 2.75) is 19.8 Å². The lowest BCUT2D eigenvalue weighted by atomic mass is 10.2. The standard InChI is InChI=1S/C19H19N3O/c1-2-3-12-21-19-17(13-20)16-6-4-5-7-18(16)22(19)14-8-10-15(23)11-9-14/h4-11,21,23H,2-3,12H2,1H3. The van der Waals surface area contributed by atoms with E-state index in [1.807, 2.05) is 41.0 Å². The summed E-state index contributed by atoms with van der Waals surface area (Å²) in [5, 5.41) is 23.5. The first-order valence-electron chi connectivity index (χ1n) is 7.83. The van der Waals surface area contributed by atoms with Crippen molar-refractivity contribution in [2.75, 3.05) is 11.9 Å². The Kier molecular flexibility index (Phi) is 4.20. The van der Waals surface area contributed by atoms with Crippen LogP contribution in [0.3, 0.4) is 0 Å². The summed E-state index contributed by atoms with van der Waals surface area (Å²) in [7, 11) is 0. The first-order chi connectivity index (χ1) is 11.3. The molecule has 0 atom stereocenters. The molecule has 0 amide bonds. The Balaban J connectivity index is 2.22. The molecule has 0 aliphatic heterocycles. The molecule has 1 aromatic heterocycles. The number of para-hydroxylation sites is 1. The molecule has 0 saturated carbocycles. The van der Waals surface area contributed by atoms with E-state index in [-0.39, 0.29) is 5.75 Å². The number of unbranched alkanes of at least 4 members (excludes halogenated alkanes) is 1. The van der Waals surface area contributed by atoms with Gasteiger partial charge in [0.1, 0.15) is 23.2 Å². The van der Waals surface area contributed by atoms with Gasteiger partial charge in [-0.05, 0) is 36.8 Å². The molecule has 0 aliphatic rings. The van der Waals surface area contributed by atoms with Crippen LogP contribution in [0.5, 0.6) is 5.75 Å². The molecule has 0 spiro atoms. The first-order valence-corrected chi connectivity index (χ1v) is 7.83. The molecule has 116 valence electrons. The van der Waals surface area contributed by atoms with E-state index in [1.165, 1.54) is 0 Å². The number of aromatic hydroxyl groups is 1. The summed E-state index contributed by atoms with van der Waals surface area (Å²) in [6.07, 6.45) is 2.14. The third-order valence-corrected chi connectivity index (χ3v) is 3.92. The van der Waals surface area contributed by atoms with Gasteiger partial charge < -0.3 is 10.4 Å². The van der Waals surface area contributed by atoms with Gasteiger partial charge in [-0.15, -0.1) is 0 Å². The number of nitrogens with zero attached hydrogens (tertiary/aromatic N) is 2. The molecule has 2 aromatic carbocycles. The summed E-state index contributed by atoms with van der Waals surface area (Å²) >= 11 is 0.